The number of fused-ring (bicyclic) bond motifs is 1. The van der Waals surface area contributed by atoms with E-state index in [0.717, 1.165) is 12.1 Å². The monoisotopic (exact) mass is 497 g/mol. The Morgan fingerprint density at radius 2 is 1.69 bits per heavy atom. The van der Waals surface area contributed by atoms with Gasteiger partial charge < -0.3 is 24.3 Å². The van der Waals surface area contributed by atoms with Crippen LogP contribution in [0.3, 0.4) is 0 Å². The fourth-order valence-electron chi connectivity index (χ4n) is 3.40. The molecule has 0 amide bonds. The van der Waals surface area contributed by atoms with Gasteiger partial charge in [0.25, 0.3) is 0 Å². The number of nitrogens with zero attached hydrogens (tertiary/aromatic N) is 2. The number of halogens is 4. The number of ether oxygens (including phenoxy) is 4. The van der Waals surface area contributed by atoms with E-state index >= 15 is 0 Å². The average molecular weight is 497 g/mol. The molecule has 1 aromatic heterocycles. The van der Waals surface area contributed by atoms with Gasteiger partial charge in [0.15, 0.2) is 11.5 Å². The SMILES string of the molecule is COCCOCCOc1cc2c(N[C@H](C)c3cc(F)cc(C(F)(F)F)c3)nc(C)nc2cc1OC. The Labute approximate surface area is 200 Å². The van der Waals surface area contributed by atoms with Crippen molar-refractivity contribution in [2.45, 2.75) is 26.1 Å². The van der Waals surface area contributed by atoms with Gasteiger partial charge >= 0.3 is 6.18 Å². The Morgan fingerprint density at radius 3 is 2.37 bits per heavy atom. The Hall–Kier alpha value is -3.18. The van der Waals surface area contributed by atoms with Crippen molar-refractivity contribution in [2.24, 2.45) is 0 Å². The van der Waals surface area contributed by atoms with Gasteiger partial charge in [-0.15, -0.1) is 0 Å². The Balaban J connectivity index is 1.89. The van der Waals surface area contributed by atoms with E-state index in [0.29, 0.717) is 59.9 Å². The summed E-state index contributed by atoms with van der Waals surface area (Å²) in [5.41, 5.74) is -0.388. The molecule has 0 unspecified atom stereocenters. The van der Waals surface area contributed by atoms with Crippen LogP contribution in [0.15, 0.2) is 30.3 Å². The third-order valence-electron chi connectivity index (χ3n) is 5.11. The minimum Gasteiger partial charge on any atom is -0.493 e. The molecule has 2 aromatic carbocycles. The first-order valence-corrected chi connectivity index (χ1v) is 10.8. The fourth-order valence-corrected chi connectivity index (χ4v) is 3.40. The van der Waals surface area contributed by atoms with E-state index in [9.17, 15) is 17.6 Å². The van der Waals surface area contributed by atoms with Crippen molar-refractivity contribution < 1.29 is 36.5 Å². The molecule has 0 saturated heterocycles. The molecule has 0 radical (unpaired) electrons. The number of methoxy groups -OCH3 is 2. The maximum Gasteiger partial charge on any atom is 0.416 e. The van der Waals surface area contributed by atoms with Crippen LogP contribution >= 0.6 is 0 Å². The van der Waals surface area contributed by atoms with E-state index in [-0.39, 0.29) is 12.2 Å². The van der Waals surface area contributed by atoms with E-state index in [2.05, 4.69) is 15.3 Å². The highest BCUT2D eigenvalue weighted by molar-refractivity contribution is 5.92. The first-order chi connectivity index (χ1) is 16.6. The van der Waals surface area contributed by atoms with Crippen LogP contribution in [0.25, 0.3) is 10.9 Å². The molecule has 0 fully saturated rings. The quantitative estimate of drug-likeness (QED) is 0.284. The summed E-state index contributed by atoms with van der Waals surface area (Å²) in [4.78, 5) is 8.84. The lowest BCUT2D eigenvalue weighted by atomic mass is 10.0. The molecule has 1 N–H and O–H groups in total. The number of rotatable bonds is 11. The summed E-state index contributed by atoms with van der Waals surface area (Å²) >= 11 is 0. The first kappa shape index (κ1) is 26.4. The van der Waals surface area contributed by atoms with Crippen LogP contribution in [-0.2, 0) is 15.7 Å². The summed E-state index contributed by atoms with van der Waals surface area (Å²) in [5, 5.41) is 3.64. The van der Waals surface area contributed by atoms with E-state index in [1.165, 1.54) is 7.11 Å². The predicted octanol–water partition coefficient (Wildman–Crippen LogP) is 5.32. The van der Waals surface area contributed by atoms with E-state index in [1.54, 1.807) is 33.1 Å². The van der Waals surface area contributed by atoms with Crippen LogP contribution in [-0.4, -0.2) is 50.6 Å². The third kappa shape index (κ3) is 6.92. The lowest BCUT2D eigenvalue weighted by Crippen LogP contribution is -2.13. The second-order valence-electron chi connectivity index (χ2n) is 7.73. The van der Waals surface area contributed by atoms with E-state index in [4.69, 9.17) is 18.9 Å². The highest BCUT2D eigenvalue weighted by Crippen LogP contribution is 2.36. The van der Waals surface area contributed by atoms with Crippen LogP contribution < -0.4 is 14.8 Å². The average Bonchev–Trinajstić information content (AvgIpc) is 2.80. The van der Waals surface area contributed by atoms with E-state index < -0.39 is 23.6 Å². The predicted molar refractivity (Wildman–Crippen MR) is 122 cm³/mol. The maximum atomic E-state index is 13.9. The van der Waals surface area contributed by atoms with Crippen molar-refractivity contribution in [2.75, 3.05) is 46.0 Å². The van der Waals surface area contributed by atoms with Gasteiger partial charge in [0.05, 0.1) is 44.1 Å². The van der Waals surface area contributed by atoms with Gasteiger partial charge in [-0.05, 0) is 43.7 Å². The van der Waals surface area contributed by atoms with Gasteiger partial charge in [-0.25, -0.2) is 14.4 Å². The van der Waals surface area contributed by atoms with Crippen molar-refractivity contribution in [1.29, 1.82) is 0 Å². The van der Waals surface area contributed by atoms with Crippen molar-refractivity contribution in [3.05, 3.63) is 53.1 Å². The van der Waals surface area contributed by atoms with E-state index in [1.807, 2.05) is 0 Å². The standard InChI is InChI=1S/C24H27F4N3O4/c1-14(16-9-17(24(26,27)28)11-18(25)10-16)29-23-19-12-22(35-8-7-34-6-5-32-3)21(33-4)13-20(19)30-15(2)31-23/h9-14H,5-8H2,1-4H3,(H,29,30,31)/t14-/m1/s1. The number of aryl methyl sites for hydroxylation is 1. The van der Waals surface area contributed by atoms with Gasteiger partial charge in [-0.3, -0.25) is 0 Å². The number of alkyl halides is 3. The molecule has 7 nitrogen and oxygen atoms in total. The molecular weight excluding hydrogens is 470 g/mol. The topological polar surface area (TPSA) is 74.7 Å². The molecular formula is C24H27F4N3O4. The highest BCUT2D eigenvalue weighted by atomic mass is 19.4. The van der Waals surface area contributed by atoms with Crippen molar-refractivity contribution in [3.63, 3.8) is 0 Å². The largest absolute Gasteiger partial charge is 0.493 e. The molecule has 11 heteroatoms. The van der Waals surface area contributed by atoms with Crippen LogP contribution in [0.1, 0.15) is 29.9 Å². The summed E-state index contributed by atoms with van der Waals surface area (Å²) in [6, 6.07) is 5.12. The molecule has 0 aliphatic rings. The maximum absolute atomic E-state index is 13.9. The van der Waals surface area contributed by atoms with Gasteiger partial charge in [0, 0.05) is 18.6 Å². The number of nitrogens with one attached hydrogen (secondary N) is 1. The summed E-state index contributed by atoms with van der Waals surface area (Å²) in [7, 11) is 3.08. The van der Waals surface area contributed by atoms with Gasteiger partial charge in [0.2, 0.25) is 0 Å². The fraction of sp³-hybridized carbons (Fsp3) is 0.417. The summed E-state index contributed by atoms with van der Waals surface area (Å²) in [6.45, 7) is 4.80. The minimum atomic E-state index is -4.66. The summed E-state index contributed by atoms with van der Waals surface area (Å²) in [5.74, 6) is 0.696. The normalized spacial score (nSPS) is 12.6. The summed E-state index contributed by atoms with van der Waals surface area (Å²) in [6.07, 6.45) is -4.66. The smallest absolute Gasteiger partial charge is 0.416 e. The number of benzene rings is 2. The van der Waals surface area contributed by atoms with Gasteiger partial charge in [-0.2, -0.15) is 13.2 Å². The zero-order valence-electron chi connectivity index (χ0n) is 19.8. The summed E-state index contributed by atoms with van der Waals surface area (Å²) < 4.78 is 75.0. The zero-order valence-corrected chi connectivity index (χ0v) is 19.8. The molecule has 0 bridgehead atoms. The van der Waals surface area contributed by atoms with Crippen LogP contribution in [0, 0.1) is 12.7 Å². The van der Waals surface area contributed by atoms with Crippen molar-refractivity contribution >= 4 is 16.7 Å². The zero-order chi connectivity index (χ0) is 25.6. The highest BCUT2D eigenvalue weighted by Gasteiger charge is 2.32. The molecule has 35 heavy (non-hydrogen) atoms. The Kier molecular flexibility index (Phi) is 8.68. The molecule has 3 rings (SSSR count). The molecule has 0 spiro atoms. The number of hydrogen-bond donors (Lipinski definition) is 1. The molecule has 3 aromatic rings. The molecule has 0 aliphatic carbocycles. The lowest BCUT2D eigenvalue weighted by Gasteiger charge is -2.19. The number of hydrogen-bond acceptors (Lipinski definition) is 7. The van der Waals surface area contributed by atoms with Crippen LogP contribution in [0.2, 0.25) is 0 Å². The number of aromatic nitrogens is 2. The molecule has 1 atom stereocenters. The van der Waals surface area contributed by atoms with Gasteiger partial charge in [0.1, 0.15) is 24.1 Å². The molecule has 0 saturated carbocycles. The van der Waals surface area contributed by atoms with Crippen LogP contribution in [0.5, 0.6) is 11.5 Å². The lowest BCUT2D eigenvalue weighted by molar-refractivity contribution is -0.137. The third-order valence-corrected chi connectivity index (χ3v) is 5.11. The van der Waals surface area contributed by atoms with Crippen LogP contribution in [0.4, 0.5) is 23.4 Å². The minimum absolute atomic E-state index is 0.125. The number of anilines is 1. The van der Waals surface area contributed by atoms with Crippen molar-refractivity contribution in [1.82, 2.24) is 9.97 Å². The van der Waals surface area contributed by atoms with Crippen molar-refractivity contribution in [3.8, 4) is 11.5 Å². The Bertz CT molecular complexity index is 1160. The van der Waals surface area contributed by atoms with Gasteiger partial charge in [-0.1, -0.05) is 0 Å². The first-order valence-electron chi connectivity index (χ1n) is 10.8. The Morgan fingerprint density at radius 1 is 0.943 bits per heavy atom. The molecule has 190 valence electrons. The second-order valence-corrected chi connectivity index (χ2v) is 7.73. The second kappa shape index (κ2) is 11.5. The molecule has 1 heterocycles. The molecule has 0 aliphatic heterocycles.